The molecule has 2 aromatic carbocycles. The number of piperidine rings is 1. The number of likely N-dealkylation sites (tertiary alicyclic amines) is 1. The first kappa shape index (κ1) is 31.7. The van der Waals surface area contributed by atoms with Gasteiger partial charge in [0.05, 0.1) is 35.0 Å². The molecule has 2 aliphatic heterocycles. The number of fused-ring (bicyclic) bond motifs is 1. The lowest BCUT2D eigenvalue weighted by Crippen LogP contribution is -2.49. The van der Waals surface area contributed by atoms with Gasteiger partial charge in [0.25, 0.3) is 11.1 Å². The Morgan fingerprint density at radius 3 is 2.45 bits per heavy atom. The first-order valence-electron chi connectivity index (χ1n) is 13.8. The number of alkyl halides is 3. The largest absolute Gasteiger partial charge is 0.479 e. The number of halogens is 4. The summed E-state index contributed by atoms with van der Waals surface area (Å²) >= 11 is 6.66. The van der Waals surface area contributed by atoms with Crippen LogP contribution < -0.4 is 4.74 Å². The summed E-state index contributed by atoms with van der Waals surface area (Å²) in [5.74, 6) is -0.219. The Labute approximate surface area is 260 Å². The fourth-order valence-corrected chi connectivity index (χ4v) is 6.29. The van der Waals surface area contributed by atoms with E-state index in [1.165, 1.54) is 28.8 Å². The predicted octanol–water partition coefficient (Wildman–Crippen LogP) is 7.20. The van der Waals surface area contributed by atoms with Crippen molar-refractivity contribution < 1.29 is 37.0 Å². The number of methoxy groups -OCH3 is 1. The Balaban J connectivity index is 1.34. The number of thioether (sulfide) groups is 1. The number of ether oxygens (including phenoxy) is 2. The fourth-order valence-electron chi connectivity index (χ4n) is 5.22. The molecule has 5 rings (SSSR count). The van der Waals surface area contributed by atoms with E-state index in [1.54, 1.807) is 49.9 Å². The lowest BCUT2D eigenvalue weighted by atomic mass is 10.0. The number of benzene rings is 2. The van der Waals surface area contributed by atoms with E-state index in [-0.39, 0.29) is 39.2 Å². The van der Waals surface area contributed by atoms with Gasteiger partial charge in [0, 0.05) is 24.2 Å². The molecular formula is C30H30ClF3N4O5S. The maximum absolute atomic E-state index is 13.7. The van der Waals surface area contributed by atoms with Crippen molar-refractivity contribution in [3.05, 3.63) is 63.0 Å². The Morgan fingerprint density at radius 2 is 1.82 bits per heavy atom. The topological polar surface area (TPSA) is 94.0 Å². The van der Waals surface area contributed by atoms with Crippen LogP contribution in [-0.2, 0) is 22.3 Å². The van der Waals surface area contributed by atoms with Crippen molar-refractivity contribution in [1.29, 1.82) is 0 Å². The summed E-state index contributed by atoms with van der Waals surface area (Å²) in [6.45, 7) is 5.91. The smallest absolute Gasteiger partial charge is 0.416 e. The minimum Gasteiger partial charge on any atom is -0.479 e. The number of imide groups is 1. The molecule has 0 bridgehead atoms. The van der Waals surface area contributed by atoms with Crippen molar-refractivity contribution in [2.45, 2.75) is 58.0 Å². The third kappa shape index (κ3) is 6.68. The van der Waals surface area contributed by atoms with Crippen molar-refractivity contribution in [2.75, 3.05) is 20.2 Å². The van der Waals surface area contributed by atoms with E-state index in [9.17, 15) is 27.6 Å². The van der Waals surface area contributed by atoms with E-state index in [0.29, 0.717) is 42.4 Å². The van der Waals surface area contributed by atoms with Crippen molar-refractivity contribution in [3.63, 3.8) is 0 Å². The summed E-state index contributed by atoms with van der Waals surface area (Å²) in [7, 11) is 1.40. The van der Waals surface area contributed by atoms with Gasteiger partial charge >= 0.3 is 12.3 Å². The quantitative estimate of drug-likeness (QED) is 0.270. The predicted molar refractivity (Wildman–Crippen MR) is 160 cm³/mol. The van der Waals surface area contributed by atoms with Gasteiger partial charge in [-0.3, -0.25) is 19.2 Å². The van der Waals surface area contributed by atoms with E-state index >= 15 is 0 Å². The van der Waals surface area contributed by atoms with Crippen LogP contribution in [0.2, 0.25) is 5.02 Å². The number of hydrogen-bond donors (Lipinski definition) is 0. The standard InChI is InChI=1S/C30H30ClF3N4O5S/c1-29(2,3)43-27(40)36-11-9-20(10-12-36)38-26(39)24(44-28(38)41)14-17-5-8-23-21(13-17)25(42-4)35-37(23)16-18-6-7-19(31)15-22(18)30(32,33)34/h5-8,13-15,20H,9-12,16H2,1-4H3/b24-14-. The second-order valence-electron chi connectivity index (χ2n) is 11.5. The van der Waals surface area contributed by atoms with E-state index in [0.717, 1.165) is 17.8 Å². The van der Waals surface area contributed by atoms with Gasteiger partial charge in [-0.25, -0.2) is 4.79 Å². The van der Waals surface area contributed by atoms with Crippen LogP contribution in [0, 0.1) is 0 Å². The molecule has 9 nitrogen and oxygen atoms in total. The molecule has 44 heavy (non-hydrogen) atoms. The second kappa shape index (κ2) is 12.0. The van der Waals surface area contributed by atoms with Gasteiger partial charge in [-0.15, -0.1) is 5.10 Å². The molecule has 2 fully saturated rings. The highest BCUT2D eigenvalue weighted by Crippen LogP contribution is 2.38. The summed E-state index contributed by atoms with van der Waals surface area (Å²) < 4.78 is 53.3. The number of amides is 3. The molecule has 1 aromatic heterocycles. The normalized spacial score (nSPS) is 17.7. The van der Waals surface area contributed by atoms with E-state index in [4.69, 9.17) is 21.1 Å². The molecule has 14 heteroatoms. The van der Waals surface area contributed by atoms with Crippen LogP contribution in [0.4, 0.5) is 22.8 Å². The van der Waals surface area contributed by atoms with Crippen LogP contribution in [0.5, 0.6) is 5.88 Å². The Kier molecular flexibility index (Phi) is 8.65. The zero-order valence-electron chi connectivity index (χ0n) is 24.4. The second-order valence-corrected chi connectivity index (χ2v) is 12.9. The van der Waals surface area contributed by atoms with Crippen LogP contribution in [-0.4, -0.2) is 68.7 Å². The SMILES string of the molecule is COc1nn(Cc2ccc(Cl)cc2C(F)(F)F)c2ccc(/C=C3\SC(=O)N(C4CCN(C(=O)OC(C)(C)C)CC4)C3=O)cc12. The number of carbonyl (C=O) groups excluding carboxylic acids is 3. The molecule has 3 amide bonds. The van der Waals surface area contributed by atoms with E-state index in [1.807, 2.05) is 0 Å². The third-order valence-electron chi connectivity index (χ3n) is 7.23. The number of carbonyl (C=O) groups is 3. The Hall–Kier alpha value is -3.71. The molecule has 0 spiro atoms. The van der Waals surface area contributed by atoms with Crippen LogP contribution in [0.3, 0.4) is 0 Å². The highest BCUT2D eigenvalue weighted by molar-refractivity contribution is 8.18. The van der Waals surface area contributed by atoms with Crippen LogP contribution in [0.1, 0.15) is 50.3 Å². The summed E-state index contributed by atoms with van der Waals surface area (Å²) in [6.07, 6.45) is -2.54. The number of rotatable bonds is 5. The van der Waals surface area contributed by atoms with E-state index in [2.05, 4.69) is 5.10 Å². The third-order valence-corrected chi connectivity index (χ3v) is 8.35. The Bertz CT molecular complexity index is 1660. The van der Waals surface area contributed by atoms with Gasteiger partial charge in [0.15, 0.2) is 0 Å². The molecule has 3 heterocycles. The molecule has 2 aliphatic rings. The zero-order chi connectivity index (χ0) is 32.0. The monoisotopic (exact) mass is 650 g/mol. The van der Waals surface area contributed by atoms with Gasteiger partial charge in [-0.2, -0.15) is 13.2 Å². The Morgan fingerprint density at radius 1 is 1.11 bits per heavy atom. The van der Waals surface area contributed by atoms with Gasteiger partial charge < -0.3 is 14.4 Å². The highest BCUT2D eigenvalue weighted by Gasteiger charge is 2.41. The minimum atomic E-state index is -4.60. The average molecular weight is 651 g/mol. The lowest BCUT2D eigenvalue weighted by molar-refractivity contribution is -0.138. The molecule has 3 aromatic rings. The van der Waals surface area contributed by atoms with Gasteiger partial charge in [-0.05, 0) is 86.8 Å². The number of aromatic nitrogens is 2. The number of hydrogen-bond acceptors (Lipinski definition) is 7. The van der Waals surface area contributed by atoms with Crippen molar-refractivity contribution in [3.8, 4) is 5.88 Å². The van der Waals surface area contributed by atoms with Gasteiger partial charge in [0.1, 0.15) is 5.60 Å². The fraction of sp³-hybridized carbons (Fsp3) is 0.400. The molecule has 0 aliphatic carbocycles. The van der Waals surface area contributed by atoms with E-state index < -0.39 is 29.3 Å². The summed E-state index contributed by atoms with van der Waals surface area (Å²) in [5.41, 5.74) is -0.376. The van der Waals surface area contributed by atoms with Crippen LogP contribution >= 0.6 is 23.4 Å². The molecule has 0 unspecified atom stereocenters. The summed E-state index contributed by atoms with van der Waals surface area (Å²) in [6, 6.07) is 8.33. The molecule has 0 radical (unpaired) electrons. The van der Waals surface area contributed by atoms with Gasteiger partial charge in [0.2, 0.25) is 5.88 Å². The highest BCUT2D eigenvalue weighted by atomic mass is 35.5. The van der Waals surface area contributed by atoms with Crippen molar-refractivity contribution >= 4 is 57.6 Å². The summed E-state index contributed by atoms with van der Waals surface area (Å²) in [4.78, 5) is 41.7. The molecule has 234 valence electrons. The zero-order valence-corrected chi connectivity index (χ0v) is 26.0. The molecule has 0 atom stereocenters. The first-order valence-corrected chi connectivity index (χ1v) is 15.0. The van der Waals surface area contributed by atoms with Crippen molar-refractivity contribution in [2.24, 2.45) is 0 Å². The molecule has 2 saturated heterocycles. The van der Waals surface area contributed by atoms with Crippen molar-refractivity contribution in [1.82, 2.24) is 19.6 Å². The number of nitrogens with zero attached hydrogens (tertiary/aromatic N) is 4. The lowest BCUT2D eigenvalue weighted by Gasteiger charge is -2.36. The average Bonchev–Trinajstić information content (AvgIpc) is 3.43. The summed E-state index contributed by atoms with van der Waals surface area (Å²) in [5, 5.41) is 4.48. The molecule has 0 saturated carbocycles. The molecule has 0 N–H and O–H groups in total. The van der Waals surface area contributed by atoms with Gasteiger partial charge in [-0.1, -0.05) is 23.7 Å². The maximum Gasteiger partial charge on any atom is 0.416 e. The maximum atomic E-state index is 13.7. The first-order chi connectivity index (χ1) is 20.6. The molecular weight excluding hydrogens is 621 g/mol. The van der Waals surface area contributed by atoms with Crippen LogP contribution in [0.25, 0.3) is 17.0 Å². The van der Waals surface area contributed by atoms with Crippen LogP contribution in [0.15, 0.2) is 41.3 Å². The minimum absolute atomic E-state index is 0.0105.